The predicted octanol–water partition coefficient (Wildman–Crippen LogP) is 4.21. The van der Waals surface area contributed by atoms with Crippen LogP contribution in [0.25, 0.3) is 21.7 Å². The smallest absolute Gasteiger partial charge is 0.344 e. The van der Waals surface area contributed by atoms with E-state index in [0.29, 0.717) is 39.5 Å². The second-order valence-electron chi connectivity index (χ2n) is 7.07. The van der Waals surface area contributed by atoms with Gasteiger partial charge in [-0.3, -0.25) is 0 Å². The summed E-state index contributed by atoms with van der Waals surface area (Å²) in [5, 5.41) is 1.32. The van der Waals surface area contributed by atoms with Crippen LogP contribution in [0.5, 0.6) is 34.5 Å². The van der Waals surface area contributed by atoms with Crippen molar-refractivity contribution in [3.63, 3.8) is 0 Å². The van der Waals surface area contributed by atoms with Crippen molar-refractivity contribution in [3.8, 4) is 34.5 Å². The molecule has 0 atom stereocenters. The molecule has 1 heterocycles. The molecule has 0 fully saturated rings. The Hall–Kier alpha value is -4.40. The number of hydrogen-bond donors (Lipinski definition) is 0. The third kappa shape index (κ3) is 3.81. The lowest BCUT2D eigenvalue weighted by molar-refractivity contribution is 0.0734. The Kier molecular flexibility index (Phi) is 6.18. The van der Waals surface area contributed by atoms with Gasteiger partial charge in [0.05, 0.1) is 46.5 Å². The lowest BCUT2D eigenvalue weighted by Crippen LogP contribution is -2.09. The first-order valence-corrected chi connectivity index (χ1v) is 10.1. The second kappa shape index (κ2) is 9.22. The van der Waals surface area contributed by atoms with Crippen LogP contribution >= 0.6 is 0 Å². The highest BCUT2D eigenvalue weighted by Gasteiger charge is 2.22. The summed E-state index contributed by atoms with van der Waals surface area (Å²) in [6.45, 7) is 0. The lowest BCUT2D eigenvalue weighted by Gasteiger charge is -2.15. The number of ether oxygens (including phenoxy) is 6. The van der Waals surface area contributed by atoms with Gasteiger partial charge in [-0.15, -0.1) is 0 Å². The molecular weight excluding hydrogens is 444 g/mol. The van der Waals surface area contributed by atoms with Crippen LogP contribution < -0.4 is 34.0 Å². The van der Waals surface area contributed by atoms with Crippen molar-refractivity contribution in [2.75, 3.05) is 35.5 Å². The summed E-state index contributed by atoms with van der Waals surface area (Å²) in [7, 11) is 7.39. The minimum Gasteiger partial charge on any atom is -0.493 e. The standard InChI is InChI=1S/C25H22O9/c1-28-17-9-6-13(10-19(17)29-2)24(26)33-14-7-8-15-18(11-14)34-25(27)16-12-20(30-3)22(31-4)23(32-5)21(15)16/h6-12H,1-5H3. The van der Waals surface area contributed by atoms with E-state index in [0.717, 1.165) is 0 Å². The molecule has 0 unspecified atom stereocenters. The van der Waals surface area contributed by atoms with E-state index in [1.54, 1.807) is 24.3 Å². The van der Waals surface area contributed by atoms with Crippen LogP contribution in [0.3, 0.4) is 0 Å². The van der Waals surface area contributed by atoms with Crippen LogP contribution in [-0.2, 0) is 0 Å². The van der Waals surface area contributed by atoms with Crippen molar-refractivity contribution in [1.82, 2.24) is 0 Å². The molecule has 0 spiro atoms. The van der Waals surface area contributed by atoms with Gasteiger partial charge < -0.3 is 32.8 Å². The molecule has 34 heavy (non-hydrogen) atoms. The van der Waals surface area contributed by atoms with Crippen molar-refractivity contribution in [2.24, 2.45) is 0 Å². The Morgan fingerprint density at radius 2 is 1.41 bits per heavy atom. The van der Waals surface area contributed by atoms with E-state index in [1.807, 2.05) is 0 Å². The highest BCUT2D eigenvalue weighted by Crippen LogP contribution is 2.45. The van der Waals surface area contributed by atoms with E-state index in [9.17, 15) is 9.59 Å². The molecule has 0 aliphatic rings. The Balaban J connectivity index is 1.80. The zero-order valence-corrected chi connectivity index (χ0v) is 19.2. The van der Waals surface area contributed by atoms with Gasteiger partial charge in [-0.2, -0.15) is 0 Å². The van der Waals surface area contributed by atoms with Gasteiger partial charge in [0, 0.05) is 16.8 Å². The molecule has 0 radical (unpaired) electrons. The van der Waals surface area contributed by atoms with Gasteiger partial charge in [-0.1, -0.05) is 0 Å². The van der Waals surface area contributed by atoms with E-state index < -0.39 is 11.6 Å². The van der Waals surface area contributed by atoms with Crippen molar-refractivity contribution >= 4 is 27.7 Å². The van der Waals surface area contributed by atoms with Crippen molar-refractivity contribution < 1.29 is 37.6 Å². The summed E-state index contributed by atoms with van der Waals surface area (Å²) in [6.07, 6.45) is 0. The molecule has 4 rings (SSSR count). The van der Waals surface area contributed by atoms with Gasteiger partial charge in [0.15, 0.2) is 23.0 Å². The number of esters is 1. The van der Waals surface area contributed by atoms with Crippen LogP contribution in [-0.4, -0.2) is 41.5 Å². The molecule has 9 nitrogen and oxygen atoms in total. The molecule has 0 saturated heterocycles. The molecule has 4 aromatic rings. The number of methoxy groups -OCH3 is 5. The maximum absolute atomic E-state index is 12.8. The Labute approximate surface area is 194 Å². The summed E-state index contributed by atoms with van der Waals surface area (Å²) in [5.74, 6) is 1.45. The Morgan fingerprint density at radius 3 is 2.06 bits per heavy atom. The molecule has 9 heteroatoms. The molecule has 0 aliphatic heterocycles. The number of rotatable bonds is 7. The van der Waals surface area contributed by atoms with E-state index in [4.69, 9.17) is 32.8 Å². The van der Waals surface area contributed by atoms with Gasteiger partial charge >= 0.3 is 11.6 Å². The van der Waals surface area contributed by atoms with Crippen LogP contribution in [0.4, 0.5) is 0 Å². The van der Waals surface area contributed by atoms with E-state index in [-0.39, 0.29) is 22.3 Å². The largest absolute Gasteiger partial charge is 0.493 e. The average molecular weight is 466 g/mol. The van der Waals surface area contributed by atoms with E-state index in [1.165, 1.54) is 53.7 Å². The minimum absolute atomic E-state index is 0.189. The van der Waals surface area contributed by atoms with Crippen LogP contribution in [0.1, 0.15) is 10.4 Å². The van der Waals surface area contributed by atoms with Crippen molar-refractivity contribution in [2.45, 2.75) is 0 Å². The van der Waals surface area contributed by atoms with Crippen LogP contribution in [0.15, 0.2) is 51.7 Å². The third-order valence-electron chi connectivity index (χ3n) is 5.30. The quantitative estimate of drug-likeness (QED) is 0.171. The third-order valence-corrected chi connectivity index (χ3v) is 5.30. The molecule has 0 amide bonds. The monoisotopic (exact) mass is 466 g/mol. The van der Waals surface area contributed by atoms with Crippen molar-refractivity contribution in [1.29, 1.82) is 0 Å². The maximum Gasteiger partial charge on any atom is 0.344 e. The van der Waals surface area contributed by atoms with E-state index in [2.05, 4.69) is 0 Å². The fourth-order valence-corrected chi connectivity index (χ4v) is 3.73. The minimum atomic E-state index is -0.618. The van der Waals surface area contributed by atoms with Gasteiger partial charge in [0.25, 0.3) is 0 Å². The first-order chi connectivity index (χ1) is 16.4. The summed E-state index contributed by atoms with van der Waals surface area (Å²) in [4.78, 5) is 25.5. The van der Waals surface area contributed by atoms with Crippen LogP contribution in [0, 0.1) is 0 Å². The Morgan fingerprint density at radius 1 is 0.706 bits per heavy atom. The van der Waals surface area contributed by atoms with E-state index >= 15 is 0 Å². The number of hydrogen-bond acceptors (Lipinski definition) is 9. The summed E-state index contributed by atoms with van der Waals surface area (Å²) in [5.41, 5.74) is -0.137. The molecule has 1 aromatic heterocycles. The fourth-order valence-electron chi connectivity index (χ4n) is 3.73. The first kappa shape index (κ1) is 22.8. The number of benzene rings is 3. The number of carbonyl (C=O) groups excluding carboxylic acids is 1. The zero-order valence-electron chi connectivity index (χ0n) is 19.2. The van der Waals surface area contributed by atoms with Gasteiger partial charge in [-0.25, -0.2) is 9.59 Å². The summed E-state index contributed by atoms with van der Waals surface area (Å²) >= 11 is 0. The second-order valence-corrected chi connectivity index (χ2v) is 7.07. The molecule has 0 saturated carbocycles. The molecule has 176 valence electrons. The zero-order chi connectivity index (χ0) is 24.4. The van der Waals surface area contributed by atoms with Gasteiger partial charge in [0.2, 0.25) is 5.75 Å². The van der Waals surface area contributed by atoms with Crippen LogP contribution in [0.2, 0.25) is 0 Å². The first-order valence-electron chi connectivity index (χ1n) is 10.1. The number of carbonyl (C=O) groups is 1. The van der Waals surface area contributed by atoms with Crippen molar-refractivity contribution in [3.05, 3.63) is 58.4 Å². The molecule has 3 aromatic carbocycles. The average Bonchev–Trinajstić information content (AvgIpc) is 2.86. The Bertz CT molecular complexity index is 1450. The highest BCUT2D eigenvalue weighted by atomic mass is 16.5. The maximum atomic E-state index is 12.8. The SMILES string of the molecule is COc1ccc(C(=O)Oc2ccc3c(c2)oc(=O)c2cc(OC)c(OC)c(OC)c23)cc1OC. The lowest BCUT2D eigenvalue weighted by atomic mass is 10.0. The fraction of sp³-hybridized carbons (Fsp3) is 0.200. The normalized spacial score (nSPS) is 10.7. The molecular formula is C25H22O9. The summed E-state index contributed by atoms with van der Waals surface area (Å²) < 4.78 is 37.8. The number of fused-ring (bicyclic) bond motifs is 3. The highest BCUT2D eigenvalue weighted by molar-refractivity contribution is 6.10. The summed E-state index contributed by atoms with van der Waals surface area (Å²) in [6, 6.07) is 10.9. The predicted molar refractivity (Wildman–Crippen MR) is 124 cm³/mol. The van der Waals surface area contributed by atoms with Gasteiger partial charge in [-0.05, 0) is 36.4 Å². The molecule has 0 aliphatic carbocycles. The molecule has 0 N–H and O–H groups in total. The molecule has 0 bridgehead atoms. The van der Waals surface area contributed by atoms with Gasteiger partial charge in [0.1, 0.15) is 11.3 Å². The topological polar surface area (TPSA) is 103 Å².